The molecular formula is C14H17BrN2O4. The Morgan fingerprint density at radius 2 is 2.10 bits per heavy atom. The predicted molar refractivity (Wildman–Crippen MR) is 80.6 cm³/mol. The molecule has 0 heterocycles. The summed E-state index contributed by atoms with van der Waals surface area (Å²) in [4.78, 5) is 22.3. The quantitative estimate of drug-likeness (QED) is 0.567. The average molecular weight is 357 g/mol. The number of carboxylic acid groups (broad SMARTS) is 1. The Balaban J connectivity index is 2.74. The van der Waals surface area contributed by atoms with Gasteiger partial charge in [0.2, 0.25) is 0 Å². The summed E-state index contributed by atoms with van der Waals surface area (Å²) in [6.45, 7) is 1.95. The average Bonchev–Trinajstić information content (AvgIpc) is 2.44. The number of azo groups is 1. The monoisotopic (exact) mass is 356 g/mol. The fraction of sp³-hybridized carbons (Fsp3) is 0.429. The number of carbonyl (C=O) groups excluding carboxylic acids is 1. The Morgan fingerprint density at radius 3 is 2.71 bits per heavy atom. The summed E-state index contributed by atoms with van der Waals surface area (Å²) in [7, 11) is 0. The van der Waals surface area contributed by atoms with Crippen LogP contribution >= 0.6 is 15.9 Å². The molecule has 0 radical (unpaired) electrons. The van der Waals surface area contributed by atoms with Crippen LogP contribution in [0.4, 0.5) is 5.69 Å². The second kappa shape index (κ2) is 9.23. The molecule has 0 saturated heterocycles. The van der Waals surface area contributed by atoms with E-state index in [1.54, 1.807) is 13.0 Å². The van der Waals surface area contributed by atoms with E-state index in [4.69, 9.17) is 9.84 Å². The Labute approximate surface area is 131 Å². The molecule has 0 aromatic heterocycles. The Hall–Kier alpha value is -1.76. The highest BCUT2D eigenvalue weighted by Gasteiger charge is 2.19. The fourth-order valence-electron chi connectivity index (χ4n) is 1.57. The van der Waals surface area contributed by atoms with Crippen LogP contribution < -0.4 is 0 Å². The van der Waals surface area contributed by atoms with E-state index in [0.29, 0.717) is 18.5 Å². The predicted octanol–water partition coefficient (Wildman–Crippen LogP) is 3.72. The first-order chi connectivity index (χ1) is 10.0. The van der Waals surface area contributed by atoms with Crippen LogP contribution in [0, 0.1) is 0 Å². The summed E-state index contributed by atoms with van der Waals surface area (Å²) in [6.07, 6.45) is 0.618. The number of halogens is 1. The molecule has 0 bridgehead atoms. The summed E-state index contributed by atoms with van der Waals surface area (Å²) < 4.78 is 5.69. The van der Waals surface area contributed by atoms with Gasteiger partial charge < -0.3 is 9.84 Å². The van der Waals surface area contributed by atoms with Crippen molar-refractivity contribution in [3.63, 3.8) is 0 Å². The lowest BCUT2D eigenvalue weighted by Crippen LogP contribution is -2.21. The molecule has 1 aromatic carbocycles. The van der Waals surface area contributed by atoms with E-state index < -0.39 is 18.0 Å². The highest BCUT2D eigenvalue weighted by molar-refractivity contribution is 9.10. The summed E-state index contributed by atoms with van der Waals surface area (Å²) in [5, 5.41) is 16.7. The zero-order valence-corrected chi connectivity index (χ0v) is 13.2. The van der Waals surface area contributed by atoms with Crippen LogP contribution in [0.5, 0.6) is 0 Å². The van der Waals surface area contributed by atoms with Crippen molar-refractivity contribution in [1.29, 1.82) is 0 Å². The number of carboxylic acids is 1. The van der Waals surface area contributed by atoms with E-state index >= 15 is 0 Å². The minimum atomic E-state index is -0.902. The number of carbonyl (C=O) groups is 2. The van der Waals surface area contributed by atoms with Crippen molar-refractivity contribution >= 4 is 33.6 Å². The molecule has 21 heavy (non-hydrogen) atoms. The third-order valence-corrected chi connectivity index (χ3v) is 3.25. The van der Waals surface area contributed by atoms with Crippen molar-refractivity contribution in [3.05, 3.63) is 28.7 Å². The van der Waals surface area contributed by atoms with E-state index in [0.717, 1.165) is 4.47 Å². The third-order valence-electron chi connectivity index (χ3n) is 2.58. The van der Waals surface area contributed by atoms with E-state index in [2.05, 4.69) is 26.2 Å². The Bertz CT molecular complexity index is 519. The molecule has 6 nitrogen and oxygen atoms in total. The number of aliphatic carboxylic acids is 1. The number of rotatable bonds is 8. The number of esters is 1. The molecule has 0 aliphatic rings. The smallest absolute Gasteiger partial charge is 0.332 e. The Kier molecular flexibility index (Phi) is 7.60. The molecule has 0 unspecified atom stereocenters. The van der Waals surface area contributed by atoms with Crippen LogP contribution in [-0.4, -0.2) is 29.7 Å². The van der Waals surface area contributed by atoms with E-state index in [-0.39, 0.29) is 13.0 Å². The molecule has 0 spiro atoms. The highest BCUT2D eigenvalue weighted by Crippen LogP contribution is 2.25. The van der Waals surface area contributed by atoms with Crippen LogP contribution in [0.25, 0.3) is 0 Å². The maximum atomic E-state index is 11.8. The third kappa shape index (κ3) is 6.48. The van der Waals surface area contributed by atoms with Crippen molar-refractivity contribution in [3.8, 4) is 0 Å². The number of ether oxygens (including phenoxy) is 1. The summed E-state index contributed by atoms with van der Waals surface area (Å²) in [5.41, 5.74) is 0.602. The molecule has 0 fully saturated rings. The van der Waals surface area contributed by atoms with Gasteiger partial charge in [0.25, 0.3) is 0 Å². The van der Waals surface area contributed by atoms with Crippen LogP contribution in [0.2, 0.25) is 0 Å². The first-order valence-electron chi connectivity index (χ1n) is 6.58. The fourth-order valence-corrected chi connectivity index (χ4v) is 1.94. The summed E-state index contributed by atoms with van der Waals surface area (Å²) in [5.74, 6) is -1.39. The molecular weight excluding hydrogens is 340 g/mol. The van der Waals surface area contributed by atoms with Gasteiger partial charge in [-0.25, -0.2) is 4.79 Å². The summed E-state index contributed by atoms with van der Waals surface area (Å²) >= 11 is 3.34. The molecule has 1 aromatic rings. The van der Waals surface area contributed by atoms with Crippen LogP contribution in [-0.2, 0) is 14.3 Å². The van der Waals surface area contributed by atoms with E-state index in [9.17, 15) is 9.59 Å². The van der Waals surface area contributed by atoms with Crippen molar-refractivity contribution in [2.45, 2.75) is 32.2 Å². The zero-order chi connectivity index (χ0) is 15.7. The maximum Gasteiger partial charge on any atom is 0.332 e. The number of nitrogens with zero attached hydrogens (tertiary/aromatic N) is 2. The molecule has 1 atom stereocenters. The van der Waals surface area contributed by atoms with Crippen molar-refractivity contribution in [1.82, 2.24) is 0 Å². The van der Waals surface area contributed by atoms with Gasteiger partial charge in [-0.3, -0.25) is 4.79 Å². The van der Waals surface area contributed by atoms with E-state index in [1.165, 1.54) is 0 Å². The van der Waals surface area contributed by atoms with Crippen LogP contribution in [0.1, 0.15) is 26.2 Å². The largest absolute Gasteiger partial charge is 0.481 e. The maximum absolute atomic E-state index is 11.8. The van der Waals surface area contributed by atoms with Gasteiger partial charge in [-0.1, -0.05) is 12.1 Å². The van der Waals surface area contributed by atoms with Crippen LogP contribution in [0.15, 0.2) is 39.0 Å². The topological polar surface area (TPSA) is 88.3 Å². The van der Waals surface area contributed by atoms with Gasteiger partial charge in [-0.05, 0) is 47.8 Å². The van der Waals surface area contributed by atoms with Crippen LogP contribution in [0.3, 0.4) is 0 Å². The summed E-state index contributed by atoms with van der Waals surface area (Å²) in [6, 6.07) is 6.45. The van der Waals surface area contributed by atoms with E-state index in [1.807, 2.05) is 18.2 Å². The lowest BCUT2D eigenvalue weighted by atomic mass is 10.1. The number of hydrogen-bond donors (Lipinski definition) is 1. The van der Waals surface area contributed by atoms with Gasteiger partial charge in [-0.2, -0.15) is 10.2 Å². The molecule has 1 N–H and O–H groups in total. The van der Waals surface area contributed by atoms with Crippen molar-refractivity contribution < 1.29 is 19.4 Å². The van der Waals surface area contributed by atoms with Gasteiger partial charge >= 0.3 is 11.9 Å². The lowest BCUT2D eigenvalue weighted by molar-refractivity contribution is -0.145. The molecule has 7 heteroatoms. The van der Waals surface area contributed by atoms with Gasteiger partial charge in [-0.15, -0.1) is 0 Å². The molecule has 0 aliphatic heterocycles. The highest BCUT2D eigenvalue weighted by atomic mass is 79.9. The van der Waals surface area contributed by atoms with Gasteiger partial charge in [0.15, 0.2) is 6.04 Å². The van der Waals surface area contributed by atoms with Crippen molar-refractivity contribution in [2.24, 2.45) is 10.2 Å². The minimum absolute atomic E-state index is 0.0134. The normalized spacial score (nSPS) is 12.3. The van der Waals surface area contributed by atoms with Crippen molar-refractivity contribution in [2.75, 3.05) is 6.61 Å². The number of hydrogen-bond acceptors (Lipinski definition) is 5. The SMILES string of the molecule is CCOC(=O)[C@@H](CCCC(=O)O)N=Nc1ccccc1Br. The minimum Gasteiger partial charge on any atom is -0.481 e. The standard InChI is InChI=1S/C14H17BrN2O4/c1-2-21-14(20)12(8-5-9-13(18)19)17-16-11-7-4-3-6-10(11)15/h3-4,6-7,12H,2,5,8-9H2,1H3,(H,18,19)/t12-/m1/s1. The second-order valence-corrected chi connectivity index (χ2v) is 5.08. The first-order valence-corrected chi connectivity index (χ1v) is 7.37. The lowest BCUT2D eigenvalue weighted by Gasteiger charge is -2.09. The Morgan fingerprint density at radius 1 is 1.38 bits per heavy atom. The first kappa shape index (κ1) is 17.3. The zero-order valence-electron chi connectivity index (χ0n) is 11.7. The number of benzene rings is 1. The van der Waals surface area contributed by atoms with Gasteiger partial charge in [0, 0.05) is 10.9 Å². The van der Waals surface area contributed by atoms with Gasteiger partial charge in [0.1, 0.15) is 0 Å². The van der Waals surface area contributed by atoms with Gasteiger partial charge in [0.05, 0.1) is 12.3 Å². The molecule has 0 amide bonds. The second-order valence-electron chi connectivity index (χ2n) is 4.22. The molecule has 1 rings (SSSR count). The molecule has 0 saturated carbocycles. The molecule has 114 valence electrons. The molecule has 0 aliphatic carbocycles.